The fourth-order valence-electron chi connectivity index (χ4n) is 3.60. The molecule has 2 saturated heterocycles. The van der Waals surface area contributed by atoms with Crippen molar-refractivity contribution in [3.63, 3.8) is 0 Å². The van der Waals surface area contributed by atoms with Crippen LogP contribution in [0.2, 0.25) is 0 Å². The van der Waals surface area contributed by atoms with Gasteiger partial charge in [-0.25, -0.2) is 4.39 Å². The highest BCUT2D eigenvalue weighted by molar-refractivity contribution is 5.15. The summed E-state index contributed by atoms with van der Waals surface area (Å²) in [7, 11) is 0. The first-order valence-corrected chi connectivity index (χ1v) is 8.32. The first-order valence-electron chi connectivity index (χ1n) is 8.32. The van der Waals surface area contributed by atoms with Crippen molar-refractivity contribution in [2.45, 2.75) is 43.7 Å². The Bertz CT molecular complexity index is 493. The maximum absolute atomic E-state index is 12.9. The van der Waals surface area contributed by atoms with Gasteiger partial charge in [0.2, 0.25) is 0 Å². The lowest BCUT2D eigenvalue weighted by atomic mass is 10.0. The van der Waals surface area contributed by atoms with Gasteiger partial charge in [-0.2, -0.15) is 0 Å². The van der Waals surface area contributed by atoms with E-state index in [2.05, 4.69) is 10.2 Å². The molecule has 4 atom stereocenters. The second-order valence-electron chi connectivity index (χ2n) is 6.38. The molecular weight excluding hydrogens is 299 g/mol. The van der Waals surface area contributed by atoms with E-state index >= 15 is 0 Å². The average molecular weight is 324 g/mol. The van der Waals surface area contributed by atoms with E-state index in [9.17, 15) is 14.6 Å². The normalized spacial score (nSPS) is 31.8. The highest BCUT2D eigenvalue weighted by Crippen LogP contribution is 2.28. The molecule has 3 N–H and O–H groups in total. The van der Waals surface area contributed by atoms with Gasteiger partial charge in [-0.15, -0.1) is 0 Å². The summed E-state index contributed by atoms with van der Waals surface area (Å²) in [6.45, 7) is 2.98. The van der Waals surface area contributed by atoms with E-state index in [0.29, 0.717) is 13.1 Å². The molecule has 6 heteroatoms. The van der Waals surface area contributed by atoms with Gasteiger partial charge in [0.05, 0.1) is 18.8 Å². The number of hydrogen-bond acceptors (Lipinski definition) is 5. The lowest BCUT2D eigenvalue weighted by molar-refractivity contribution is -0.0213. The van der Waals surface area contributed by atoms with Crippen LogP contribution >= 0.6 is 0 Å². The monoisotopic (exact) mass is 324 g/mol. The first kappa shape index (κ1) is 16.8. The van der Waals surface area contributed by atoms with Crippen LogP contribution in [0.3, 0.4) is 0 Å². The molecule has 5 nitrogen and oxygen atoms in total. The number of aliphatic hydroxyl groups excluding tert-OH is 2. The zero-order valence-electron chi connectivity index (χ0n) is 13.2. The average Bonchev–Trinajstić information content (AvgIpc) is 3.17. The van der Waals surface area contributed by atoms with Crippen LogP contribution in [0.25, 0.3) is 0 Å². The van der Waals surface area contributed by atoms with Gasteiger partial charge in [0.15, 0.2) is 0 Å². The van der Waals surface area contributed by atoms with Crippen LogP contribution in [0, 0.1) is 5.82 Å². The molecule has 0 spiro atoms. The summed E-state index contributed by atoms with van der Waals surface area (Å²) >= 11 is 0. The number of aliphatic hydroxyl groups is 2. The molecule has 0 aromatic heterocycles. The maximum atomic E-state index is 12.9. The van der Waals surface area contributed by atoms with Gasteiger partial charge in [0.1, 0.15) is 18.0 Å². The van der Waals surface area contributed by atoms with Crippen molar-refractivity contribution in [3.8, 4) is 0 Å². The minimum atomic E-state index is -0.657. The largest absolute Gasteiger partial charge is 0.394 e. The molecule has 2 heterocycles. The molecule has 0 bridgehead atoms. The van der Waals surface area contributed by atoms with Crippen molar-refractivity contribution >= 4 is 0 Å². The molecule has 2 fully saturated rings. The number of nitrogens with one attached hydrogen (secondary N) is 1. The Morgan fingerprint density at radius 2 is 1.87 bits per heavy atom. The van der Waals surface area contributed by atoms with Gasteiger partial charge < -0.3 is 20.3 Å². The third-order valence-corrected chi connectivity index (χ3v) is 4.79. The Balaban J connectivity index is 1.57. The van der Waals surface area contributed by atoms with Crippen LogP contribution in [-0.2, 0) is 11.3 Å². The quantitative estimate of drug-likeness (QED) is 0.711. The lowest BCUT2D eigenvalue weighted by Crippen LogP contribution is -2.49. The summed E-state index contributed by atoms with van der Waals surface area (Å²) < 4.78 is 18.7. The topological polar surface area (TPSA) is 65.0 Å². The van der Waals surface area contributed by atoms with Crippen LogP contribution in [0.1, 0.15) is 18.4 Å². The Labute approximate surface area is 136 Å². The van der Waals surface area contributed by atoms with Crippen molar-refractivity contribution in [1.29, 1.82) is 0 Å². The predicted molar refractivity (Wildman–Crippen MR) is 84.5 cm³/mol. The highest BCUT2D eigenvalue weighted by Gasteiger charge is 2.46. The molecule has 2 aliphatic heterocycles. The third-order valence-electron chi connectivity index (χ3n) is 4.79. The summed E-state index contributed by atoms with van der Waals surface area (Å²) in [5.41, 5.74) is 1.00. The smallest absolute Gasteiger partial charge is 0.123 e. The van der Waals surface area contributed by atoms with Crippen LogP contribution < -0.4 is 5.32 Å². The predicted octanol–water partition coefficient (Wildman–Crippen LogP) is 0.500. The standard InChI is InChI=1S/C17H25FN2O3/c18-13-5-3-12(4-6-13)9-19-10-14-16(20-7-1-2-8-20)17(22)15(11-21)23-14/h3-6,14-17,19,21-22H,1-2,7-11H2. The summed E-state index contributed by atoms with van der Waals surface area (Å²) in [5, 5.41) is 23.1. The van der Waals surface area contributed by atoms with Crippen molar-refractivity contribution in [3.05, 3.63) is 35.6 Å². The van der Waals surface area contributed by atoms with Gasteiger partial charge in [0.25, 0.3) is 0 Å². The molecule has 0 aliphatic carbocycles. The Morgan fingerprint density at radius 1 is 1.17 bits per heavy atom. The molecule has 3 rings (SSSR count). The maximum Gasteiger partial charge on any atom is 0.123 e. The zero-order valence-corrected chi connectivity index (χ0v) is 13.2. The van der Waals surface area contributed by atoms with Gasteiger partial charge in [-0.1, -0.05) is 12.1 Å². The second kappa shape index (κ2) is 7.68. The van der Waals surface area contributed by atoms with E-state index in [4.69, 9.17) is 4.74 Å². The zero-order chi connectivity index (χ0) is 16.2. The van der Waals surface area contributed by atoms with Crippen molar-refractivity contribution in [2.75, 3.05) is 26.2 Å². The number of halogens is 1. The Morgan fingerprint density at radius 3 is 2.52 bits per heavy atom. The van der Waals surface area contributed by atoms with E-state index in [1.54, 1.807) is 12.1 Å². The summed E-state index contributed by atoms with van der Waals surface area (Å²) in [6, 6.07) is 6.32. The third kappa shape index (κ3) is 3.89. The number of benzene rings is 1. The lowest BCUT2D eigenvalue weighted by Gasteiger charge is -2.30. The minimum Gasteiger partial charge on any atom is -0.394 e. The highest BCUT2D eigenvalue weighted by atomic mass is 19.1. The van der Waals surface area contributed by atoms with Crippen LogP contribution in [0.4, 0.5) is 4.39 Å². The molecule has 4 unspecified atom stereocenters. The fraction of sp³-hybridized carbons (Fsp3) is 0.647. The number of rotatable bonds is 6. The number of hydrogen-bond donors (Lipinski definition) is 3. The number of ether oxygens (including phenoxy) is 1. The molecule has 1 aromatic rings. The molecule has 128 valence electrons. The van der Waals surface area contributed by atoms with E-state index in [-0.39, 0.29) is 24.6 Å². The van der Waals surface area contributed by atoms with Gasteiger partial charge >= 0.3 is 0 Å². The van der Waals surface area contributed by atoms with E-state index in [1.165, 1.54) is 12.1 Å². The van der Waals surface area contributed by atoms with Crippen molar-refractivity contribution in [1.82, 2.24) is 10.2 Å². The minimum absolute atomic E-state index is 0.0737. The van der Waals surface area contributed by atoms with Gasteiger partial charge in [0, 0.05) is 13.1 Å². The summed E-state index contributed by atoms with van der Waals surface area (Å²) in [6.07, 6.45) is 0.959. The van der Waals surface area contributed by atoms with Crippen molar-refractivity contribution < 1.29 is 19.3 Å². The molecule has 0 amide bonds. The molecule has 1 aromatic carbocycles. The van der Waals surface area contributed by atoms with Gasteiger partial charge in [-0.05, 0) is 43.6 Å². The van der Waals surface area contributed by atoms with E-state index in [0.717, 1.165) is 31.5 Å². The molecule has 0 saturated carbocycles. The molecule has 0 radical (unpaired) electrons. The number of nitrogens with zero attached hydrogens (tertiary/aromatic N) is 1. The van der Waals surface area contributed by atoms with Crippen molar-refractivity contribution in [2.24, 2.45) is 0 Å². The fourth-order valence-corrected chi connectivity index (χ4v) is 3.60. The Kier molecular flexibility index (Phi) is 5.61. The SMILES string of the molecule is OCC1OC(CNCc2ccc(F)cc2)C(N2CCCC2)C1O. The summed E-state index contributed by atoms with van der Waals surface area (Å²) in [5.74, 6) is -0.240. The first-order chi connectivity index (χ1) is 11.2. The van der Waals surface area contributed by atoms with Crippen LogP contribution in [0.15, 0.2) is 24.3 Å². The molecule has 2 aliphatic rings. The van der Waals surface area contributed by atoms with E-state index < -0.39 is 12.2 Å². The second-order valence-corrected chi connectivity index (χ2v) is 6.38. The molecule has 23 heavy (non-hydrogen) atoms. The summed E-state index contributed by atoms with van der Waals surface area (Å²) in [4.78, 5) is 2.27. The number of likely N-dealkylation sites (tertiary alicyclic amines) is 1. The van der Waals surface area contributed by atoms with Gasteiger partial charge in [-0.3, -0.25) is 4.90 Å². The van der Waals surface area contributed by atoms with E-state index in [1.807, 2.05) is 0 Å². The van der Waals surface area contributed by atoms with Crippen LogP contribution in [-0.4, -0.2) is 65.7 Å². The Hall–Kier alpha value is -1.05. The van der Waals surface area contributed by atoms with Crippen LogP contribution in [0.5, 0.6) is 0 Å². The molecular formula is C17H25FN2O3.